The maximum atomic E-state index is 9.21. The van der Waals surface area contributed by atoms with Gasteiger partial charge in [-0.3, -0.25) is 0 Å². The zero-order valence-electron chi connectivity index (χ0n) is 16.9. The summed E-state index contributed by atoms with van der Waals surface area (Å²) in [6.45, 7) is 10.0. The molecule has 0 radical (unpaired) electrons. The molecule has 0 aromatic heterocycles. The van der Waals surface area contributed by atoms with Crippen LogP contribution in [0.25, 0.3) is 0 Å². The average Bonchev–Trinajstić information content (AvgIpc) is 2.68. The lowest BCUT2D eigenvalue weighted by Gasteiger charge is -2.46. The molecule has 0 saturated carbocycles. The van der Waals surface area contributed by atoms with Crippen LogP contribution in [-0.2, 0) is 4.43 Å². The molecule has 2 aromatic carbocycles. The predicted molar refractivity (Wildman–Crippen MR) is 115 cm³/mol. The molecule has 0 aliphatic carbocycles. The molecule has 0 unspecified atom stereocenters. The minimum absolute atomic E-state index is 0.0257. The van der Waals surface area contributed by atoms with E-state index in [1.807, 2.05) is 0 Å². The number of aliphatic hydroxyl groups is 1. The van der Waals surface area contributed by atoms with Crippen molar-refractivity contribution in [2.45, 2.75) is 44.8 Å². The first-order valence-electron chi connectivity index (χ1n) is 10.1. The van der Waals surface area contributed by atoms with Crippen molar-refractivity contribution in [2.24, 2.45) is 0 Å². The van der Waals surface area contributed by atoms with Gasteiger partial charge >= 0.3 is 0 Å². The predicted octanol–water partition coefficient (Wildman–Crippen LogP) is 3.02. The van der Waals surface area contributed by atoms with E-state index in [4.69, 9.17) is 4.43 Å². The van der Waals surface area contributed by atoms with Gasteiger partial charge in [0.05, 0.1) is 6.61 Å². The average molecular weight is 384 g/mol. The minimum Gasteiger partial charge on any atom is -0.404 e. The van der Waals surface area contributed by atoms with Gasteiger partial charge < -0.3 is 14.4 Å². The largest absolute Gasteiger partial charge is 0.404 e. The topological polar surface area (TPSA) is 32.7 Å². The Kier molecular flexibility index (Phi) is 6.53. The van der Waals surface area contributed by atoms with Crippen molar-refractivity contribution in [1.82, 2.24) is 4.90 Å². The third kappa shape index (κ3) is 4.35. The lowest BCUT2D eigenvalue weighted by atomic mass is 10.1. The van der Waals surface area contributed by atoms with Crippen molar-refractivity contribution < 1.29 is 9.53 Å². The molecule has 0 amide bonds. The van der Waals surface area contributed by atoms with Gasteiger partial charge in [0.15, 0.2) is 0 Å². The van der Waals surface area contributed by atoms with Crippen molar-refractivity contribution >= 4 is 18.7 Å². The number of aliphatic hydroxyl groups excluding tert-OH is 1. The first-order chi connectivity index (χ1) is 13.0. The fourth-order valence-electron chi connectivity index (χ4n) is 4.33. The number of likely N-dealkylation sites (tertiary alicyclic amines) is 1. The summed E-state index contributed by atoms with van der Waals surface area (Å²) in [7, 11) is -2.45. The SMILES string of the molecule is CC(C)(C)[Si](OC1CCN(CCO)CC1)(c1ccccc1)c1ccccc1. The lowest BCUT2D eigenvalue weighted by molar-refractivity contribution is 0.0826. The van der Waals surface area contributed by atoms with Crippen molar-refractivity contribution in [2.75, 3.05) is 26.2 Å². The van der Waals surface area contributed by atoms with E-state index in [2.05, 4.69) is 86.3 Å². The Bertz CT molecular complexity index is 652. The van der Waals surface area contributed by atoms with Crippen LogP contribution in [0.2, 0.25) is 5.04 Å². The Hall–Kier alpha value is -1.46. The zero-order valence-corrected chi connectivity index (χ0v) is 17.9. The van der Waals surface area contributed by atoms with Gasteiger partial charge in [-0.1, -0.05) is 81.4 Å². The summed E-state index contributed by atoms with van der Waals surface area (Å²) in [6.07, 6.45) is 2.33. The second kappa shape index (κ2) is 8.70. The molecule has 1 aliphatic heterocycles. The van der Waals surface area contributed by atoms with Crippen LogP contribution in [0.4, 0.5) is 0 Å². The number of rotatable bonds is 6. The first-order valence-corrected chi connectivity index (χ1v) is 12.0. The van der Waals surface area contributed by atoms with E-state index in [0.717, 1.165) is 32.5 Å². The first kappa shape index (κ1) is 20.3. The molecule has 146 valence electrons. The third-order valence-electron chi connectivity index (χ3n) is 5.71. The number of piperidine rings is 1. The third-order valence-corrected chi connectivity index (χ3v) is 10.8. The van der Waals surface area contributed by atoms with E-state index >= 15 is 0 Å². The highest BCUT2D eigenvalue weighted by Gasteiger charge is 2.51. The number of hydrogen-bond acceptors (Lipinski definition) is 3. The van der Waals surface area contributed by atoms with E-state index in [1.165, 1.54) is 10.4 Å². The van der Waals surface area contributed by atoms with Crippen LogP contribution >= 0.6 is 0 Å². The Balaban J connectivity index is 1.98. The maximum Gasteiger partial charge on any atom is 0.261 e. The van der Waals surface area contributed by atoms with Gasteiger partial charge in [0.1, 0.15) is 0 Å². The molecule has 3 rings (SSSR count). The monoisotopic (exact) mass is 383 g/mol. The number of nitrogens with zero attached hydrogens (tertiary/aromatic N) is 1. The molecule has 1 saturated heterocycles. The quantitative estimate of drug-likeness (QED) is 0.779. The Labute approximate surface area is 165 Å². The molecule has 1 aliphatic rings. The van der Waals surface area contributed by atoms with Crippen LogP contribution in [0.3, 0.4) is 0 Å². The van der Waals surface area contributed by atoms with E-state index < -0.39 is 8.32 Å². The van der Waals surface area contributed by atoms with Gasteiger partial charge in [-0.05, 0) is 28.3 Å². The molecule has 4 heteroatoms. The molecular formula is C23H33NO2Si. The van der Waals surface area contributed by atoms with Crippen molar-refractivity contribution in [3.63, 3.8) is 0 Å². The van der Waals surface area contributed by atoms with Crippen molar-refractivity contribution in [3.05, 3.63) is 60.7 Å². The molecule has 1 heterocycles. The van der Waals surface area contributed by atoms with Gasteiger partial charge in [-0.15, -0.1) is 0 Å². The van der Waals surface area contributed by atoms with Crippen molar-refractivity contribution in [1.29, 1.82) is 0 Å². The van der Waals surface area contributed by atoms with Crippen LogP contribution < -0.4 is 10.4 Å². The number of β-amino-alcohol motifs (C(OH)–C–C–N with tert-alkyl or cyclic N) is 1. The number of benzene rings is 2. The van der Waals surface area contributed by atoms with Crippen LogP contribution in [0.15, 0.2) is 60.7 Å². The summed E-state index contributed by atoms with van der Waals surface area (Å²) in [5.41, 5.74) is 0. The molecule has 0 atom stereocenters. The smallest absolute Gasteiger partial charge is 0.261 e. The van der Waals surface area contributed by atoms with Gasteiger partial charge in [0.2, 0.25) is 0 Å². The molecule has 0 spiro atoms. The Morgan fingerprint density at radius 3 is 1.81 bits per heavy atom. The highest BCUT2D eigenvalue weighted by molar-refractivity contribution is 6.99. The van der Waals surface area contributed by atoms with Crippen LogP contribution in [-0.4, -0.2) is 50.7 Å². The van der Waals surface area contributed by atoms with Crippen LogP contribution in [0, 0.1) is 0 Å². The summed E-state index contributed by atoms with van der Waals surface area (Å²) >= 11 is 0. The normalized spacial score (nSPS) is 17.2. The van der Waals surface area contributed by atoms with Crippen LogP contribution in [0.1, 0.15) is 33.6 Å². The molecular weight excluding hydrogens is 350 g/mol. The summed E-state index contributed by atoms with van der Waals surface area (Å²) < 4.78 is 7.19. The lowest BCUT2D eigenvalue weighted by Crippen LogP contribution is -2.68. The molecule has 27 heavy (non-hydrogen) atoms. The molecule has 3 nitrogen and oxygen atoms in total. The van der Waals surface area contributed by atoms with Gasteiger partial charge in [0.25, 0.3) is 8.32 Å². The highest BCUT2D eigenvalue weighted by Crippen LogP contribution is 2.38. The summed E-state index contributed by atoms with van der Waals surface area (Å²) in [6, 6.07) is 21.7. The maximum absolute atomic E-state index is 9.21. The minimum atomic E-state index is -2.45. The van der Waals surface area contributed by atoms with Gasteiger partial charge in [-0.25, -0.2) is 0 Å². The molecule has 2 aromatic rings. The van der Waals surface area contributed by atoms with E-state index in [9.17, 15) is 5.11 Å². The molecule has 1 N–H and O–H groups in total. The standard InChI is InChI=1S/C23H33NO2Si/c1-23(2,3)27(21-10-6-4-7-11-21,22-12-8-5-9-13-22)26-20-14-16-24(17-15-20)18-19-25/h4-13,20,25H,14-19H2,1-3H3. The second-order valence-electron chi connectivity index (χ2n) is 8.55. The van der Waals surface area contributed by atoms with Gasteiger partial charge in [-0.2, -0.15) is 0 Å². The van der Waals surface area contributed by atoms with E-state index in [0.29, 0.717) is 0 Å². The van der Waals surface area contributed by atoms with Crippen molar-refractivity contribution in [3.8, 4) is 0 Å². The Morgan fingerprint density at radius 1 is 0.926 bits per heavy atom. The number of hydrogen-bond donors (Lipinski definition) is 1. The van der Waals surface area contributed by atoms with Crippen LogP contribution in [0.5, 0.6) is 0 Å². The Morgan fingerprint density at radius 2 is 1.41 bits per heavy atom. The zero-order chi connectivity index (χ0) is 19.3. The van der Waals surface area contributed by atoms with E-state index in [-0.39, 0.29) is 17.7 Å². The highest BCUT2D eigenvalue weighted by atomic mass is 28.4. The van der Waals surface area contributed by atoms with E-state index in [1.54, 1.807) is 0 Å². The fourth-order valence-corrected chi connectivity index (χ4v) is 9.08. The van der Waals surface area contributed by atoms with Gasteiger partial charge in [0, 0.05) is 25.7 Å². The molecule has 1 fully saturated rings. The summed E-state index contributed by atoms with van der Waals surface area (Å²) in [5, 5.41) is 11.9. The molecule has 0 bridgehead atoms. The summed E-state index contributed by atoms with van der Waals surface area (Å²) in [4.78, 5) is 2.34. The second-order valence-corrected chi connectivity index (χ2v) is 12.8. The fraction of sp³-hybridized carbons (Fsp3) is 0.478. The summed E-state index contributed by atoms with van der Waals surface area (Å²) in [5.74, 6) is 0.